The maximum Gasteiger partial charge on any atom is 0.253 e. The smallest absolute Gasteiger partial charge is 0.253 e. The normalized spacial score (nSPS) is 20.2. The number of rotatable bonds is 8. The fourth-order valence-corrected chi connectivity index (χ4v) is 4.55. The summed E-state index contributed by atoms with van der Waals surface area (Å²) in [5.74, 6) is 1.01. The van der Waals surface area contributed by atoms with Crippen molar-refractivity contribution in [2.75, 3.05) is 79.6 Å². The first-order valence-corrected chi connectivity index (χ1v) is 12.7. The molecule has 0 atom stereocenters. The minimum absolute atomic E-state index is 0.151. The highest BCUT2D eigenvalue weighted by Crippen LogP contribution is 2.17. The quantitative estimate of drug-likeness (QED) is 0.575. The molecule has 3 heterocycles. The Bertz CT molecular complexity index is 646. The lowest BCUT2D eigenvalue weighted by Crippen LogP contribution is -2.44. The van der Waals surface area contributed by atoms with Crippen LogP contribution in [0.1, 0.15) is 55.3 Å². The summed E-state index contributed by atoms with van der Waals surface area (Å²) < 4.78 is 5.83. The van der Waals surface area contributed by atoms with E-state index < -0.39 is 0 Å². The van der Waals surface area contributed by atoms with E-state index in [1.165, 1.54) is 71.5 Å². The van der Waals surface area contributed by atoms with E-state index in [0.717, 1.165) is 50.3 Å². The molecule has 0 unspecified atom stereocenters. The molecular weight excluding hydrogens is 400 g/mol. The molecule has 3 saturated heterocycles. The third kappa shape index (κ3) is 8.72. The molecule has 1 amide bonds. The van der Waals surface area contributed by atoms with Gasteiger partial charge in [0.05, 0.1) is 6.61 Å². The molecule has 0 saturated carbocycles. The molecule has 0 bridgehead atoms. The van der Waals surface area contributed by atoms with E-state index in [1.807, 2.05) is 29.2 Å². The molecule has 0 spiro atoms. The van der Waals surface area contributed by atoms with Crippen molar-refractivity contribution in [2.45, 2.75) is 44.9 Å². The second kappa shape index (κ2) is 13.8. The molecule has 4 rings (SSSR count). The number of benzene rings is 1. The van der Waals surface area contributed by atoms with E-state index >= 15 is 0 Å². The number of ether oxygens (including phenoxy) is 1. The first-order chi connectivity index (χ1) is 15.6. The van der Waals surface area contributed by atoms with Gasteiger partial charge in [0.15, 0.2) is 0 Å². The van der Waals surface area contributed by atoms with Gasteiger partial charge in [0, 0.05) is 44.8 Å². The van der Waals surface area contributed by atoms with Crippen molar-refractivity contribution < 1.29 is 9.53 Å². The van der Waals surface area contributed by atoms with Crippen molar-refractivity contribution in [1.29, 1.82) is 0 Å². The van der Waals surface area contributed by atoms with E-state index in [0.29, 0.717) is 0 Å². The highest BCUT2D eigenvalue weighted by Gasteiger charge is 2.19. The summed E-state index contributed by atoms with van der Waals surface area (Å²) >= 11 is 0. The van der Waals surface area contributed by atoms with E-state index in [9.17, 15) is 4.79 Å². The second-order valence-electron chi connectivity index (χ2n) is 9.59. The van der Waals surface area contributed by atoms with Gasteiger partial charge in [-0.15, -0.1) is 0 Å². The average Bonchev–Trinajstić information content (AvgIpc) is 3.52. The predicted molar refractivity (Wildman–Crippen MR) is 132 cm³/mol. The van der Waals surface area contributed by atoms with E-state index in [1.54, 1.807) is 0 Å². The van der Waals surface area contributed by atoms with Crippen molar-refractivity contribution in [3.8, 4) is 5.75 Å². The third-order valence-electron chi connectivity index (χ3n) is 6.81. The molecule has 1 aromatic rings. The van der Waals surface area contributed by atoms with Crippen LogP contribution in [0.15, 0.2) is 24.3 Å². The Morgan fingerprint density at radius 1 is 0.750 bits per heavy atom. The molecule has 1 aromatic carbocycles. The summed E-state index contributed by atoms with van der Waals surface area (Å²) in [6, 6.07) is 7.63. The van der Waals surface area contributed by atoms with Crippen molar-refractivity contribution in [3.05, 3.63) is 29.8 Å². The summed E-state index contributed by atoms with van der Waals surface area (Å²) in [5, 5.41) is 0. The van der Waals surface area contributed by atoms with E-state index in [-0.39, 0.29) is 5.91 Å². The molecule has 0 radical (unpaired) electrons. The molecule has 3 aliphatic rings. The van der Waals surface area contributed by atoms with Gasteiger partial charge in [0.2, 0.25) is 0 Å². The van der Waals surface area contributed by atoms with Crippen LogP contribution in [0.5, 0.6) is 5.75 Å². The van der Waals surface area contributed by atoms with Crippen LogP contribution in [0.2, 0.25) is 0 Å². The van der Waals surface area contributed by atoms with Gasteiger partial charge < -0.3 is 24.3 Å². The van der Waals surface area contributed by atoms with Gasteiger partial charge in [-0.25, -0.2) is 0 Å². The van der Waals surface area contributed by atoms with Crippen molar-refractivity contribution in [2.24, 2.45) is 0 Å². The van der Waals surface area contributed by atoms with E-state index in [2.05, 4.69) is 28.8 Å². The third-order valence-corrected chi connectivity index (χ3v) is 6.81. The Kier molecular flexibility index (Phi) is 10.8. The number of nitrogens with zero attached hydrogens (tertiary/aromatic N) is 4. The topological polar surface area (TPSA) is 39.3 Å². The molecule has 3 aliphatic heterocycles. The van der Waals surface area contributed by atoms with Crippen molar-refractivity contribution >= 4 is 5.91 Å². The van der Waals surface area contributed by atoms with Crippen molar-refractivity contribution in [1.82, 2.24) is 19.6 Å². The molecule has 6 nitrogen and oxygen atoms in total. The minimum Gasteiger partial charge on any atom is -0.494 e. The number of hydrogen-bond acceptors (Lipinski definition) is 5. The average molecular weight is 445 g/mol. The lowest BCUT2D eigenvalue weighted by atomic mass is 10.2. The van der Waals surface area contributed by atoms with Crippen LogP contribution in [0, 0.1) is 0 Å². The highest BCUT2D eigenvalue weighted by atomic mass is 16.5. The molecule has 0 N–H and O–H groups in total. The van der Waals surface area contributed by atoms with Gasteiger partial charge in [-0.1, -0.05) is 0 Å². The first kappa shape index (κ1) is 25.0. The summed E-state index contributed by atoms with van der Waals surface area (Å²) in [7, 11) is 4.37. The van der Waals surface area contributed by atoms with Gasteiger partial charge in [0.1, 0.15) is 5.75 Å². The zero-order chi connectivity index (χ0) is 22.6. The number of likely N-dealkylation sites (N-methyl/N-ethyl adjacent to an activating group) is 1. The lowest BCUT2D eigenvalue weighted by molar-refractivity contribution is 0.0793. The fraction of sp³-hybridized carbons (Fsp3) is 0.731. The minimum atomic E-state index is 0.151. The summed E-state index contributed by atoms with van der Waals surface area (Å²) in [4.78, 5) is 21.6. The Labute approximate surface area is 195 Å². The molecule has 0 aromatic heterocycles. The van der Waals surface area contributed by atoms with Crippen LogP contribution in [0.25, 0.3) is 0 Å². The summed E-state index contributed by atoms with van der Waals surface area (Å²) in [5.41, 5.74) is 0.770. The fourth-order valence-electron chi connectivity index (χ4n) is 4.55. The number of hydrogen-bond donors (Lipinski definition) is 0. The van der Waals surface area contributed by atoms with Crippen molar-refractivity contribution in [3.63, 3.8) is 0 Å². The Balaban J connectivity index is 0.000000416. The zero-order valence-electron chi connectivity index (χ0n) is 20.4. The van der Waals surface area contributed by atoms with Crippen LogP contribution < -0.4 is 4.74 Å². The number of likely N-dealkylation sites (tertiary alicyclic amines) is 2. The van der Waals surface area contributed by atoms with Crippen LogP contribution in [0.4, 0.5) is 0 Å². The monoisotopic (exact) mass is 444 g/mol. The molecule has 180 valence electrons. The van der Waals surface area contributed by atoms with Crippen LogP contribution >= 0.6 is 0 Å². The Hall–Kier alpha value is -1.63. The first-order valence-electron chi connectivity index (χ1n) is 12.7. The number of carbonyl (C=O) groups excluding carboxylic acids is 1. The summed E-state index contributed by atoms with van der Waals surface area (Å²) in [6.45, 7) is 11.2. The molecule has 6 heteroatoms. The van der Waals surface area contributed by atoms with Crippen LogP contribution in [0.3, 0.4) is 0 Å². The standard InChI is InChI=1S/C21H33N3O2.C5H11N/c1-22-14-16-23(17-15-22)11-3-2-6-18-26-20-9-7-19(8-10-20)21(25)24-12-4-5-13-24;1-6-4-2-3-5-6/h7-10H,2-6,11-18H2,1H3;2-5H2,1H3. The van der Waals surface area contributed by atoms with Gasteiger partial charge in [-0.05, 0) is 103 Å². The largest absolute Gasteiger partial charge is 0.494 e. The molecular formula is C26H44N4O2. The van der Waals surface area contributed by atoms with Gasteiger partial charge >= 0.3 is 0 Å². The molecule has 32 heavy (non-hydrogen) atoms. The molecule has 0 aliphatic carbocycles. The molecule has 3 fully saturated rings. The Morgan fingerprint density at radius 2 is 1.34 bits per heavy atom. The van der Waals surface area contributed by atoms with Gasteiger partial charge in [-0.2, -0.15) is 0 Å². The van der Waals surface area contributed by atoms with Crippen LogP contribution in [-0.2, 0) is 0 Å². The zero-order valence-corrected chi connectivity index (χ0v) is 20.4. The van der Waals surface area contributed by atoms with Gasteiger partial charge in [0.25, 0.3) is 5.91 Å². The van der Waals surface area contributed by atoms with Gasteiger partial charge in [-0.3, -0.25) is 4.79 Å². The SMILES string of the molecule is CN1CCCC1.CN1CCN(CCCCCOc2ccc(C(=O)N3CCCC3)cc2)CC1. The van der Waals surface area contributed by atoms with Crippen LogP contribution in [-0.4, -0.2) is 105 Å². The maximum atomic E-state index is 12.3. The number of unbranched alkanes of at least 4 members (excludes halogenated alkanes) is 2. The highest BCUT2D eigenvalue weighted by molar-refractivity contribution is 5.94. The number of piperazine rings is 1. The predicted octanol–water partition coefficient (Wildman–Crippen LogP) is 3.43. The lowest BCUT2D eigenvalue weighted by Gasteiger charge is -2.32. The van der Waals surface area contributed by atoms with E-state index in [4.69, 9.17) is 4.74 Å². The maximum absolute atomic E-state index is 12.3. The Morgan fingerprint density at radius 3 is 1.94 bits per heavy atom. The second-order valence-corrected chi connectivity index (χ2v) is 9.59. The number of amides is 1. The summed E-state index contributed by atoms with van der Waals surface area (Å²) in [6.07, 6.45) is 8.62. The number of carbonyl (C=O) groups is 1.